The Kier molecular flexibility index (Phi) is 4.92. The van der Waals surface area contributed by atoms with Gasteiger partial charge in [-0.1, -0.05) is 13.8 Å². The van der Waals surface area contributed by atoms with Crippen LogP contribution in [0.15, 0.2) is 23.7 Å². The Labute approximate surface area is 116 Å². The third-order valence-electron chi connectivity index (χ3n) is 4.31. The van der Waals surface area contributed by atoms with Gasteiger partial charge in [0.25, 0.3) is 0 Å². The van der Waals surface area contributed by atoms with Gasteiger partial charge in [0.05, 0.1) is 37.9 Å². The Morgan fingerprint density at radius 1 is 1.00 bits per heavy atom. The lowest BCUT2D eigenvalue weighted by molar-refractivity contribution is -0.0665. The zero-order chi connectivity index (χ0) is 13.8. The summed E-state index contributed by atoms with van der Waals surface area (Å²) >= 11 is 0. The fourth-order valence-electron chi connectivity index (χ4n) is 2.98. The molecule has 2 aliphatic rings. The van der Waals surface area contributed by atoms with Gasteiger partial charge in [-0.15, -0.1) is 0 Å². The first-order chi connectivity index (χ1) is 9.17. The maximum Gasteiger partial charge on any atom is 0.0964 e. The molecule has 0 N–H and O–H groups in total. The maximum absolute atomic E-state index is 6.42. The first-order valence-corrected chi connectivity index (χ1v) is 7.39. The summed E-state index contributed by atoms with van der Waals surface area (Å²) in [6, 6.07) is 0. The van der Waals surface area contributed by atoms with Crippen LogP contribution in [0.4, 0.5) is 0 Å². The van der Waals surface area contributed by atoms with Gasteiger partial charge >= 0.3 is 0 Å². The van der Waals surface area contributed by atoms with Gasteiger partial charge in [-0.25, -0.2) is 0 Å². The minimum Gasteiger partial charge on any atom is -0.501 e. The van der Waals surface area contributed by atoms with Gasteiger partial charge in [-0.2, -0.15) is 0 Å². The molecule has 0 aromatic rings. The predicted molar refractivity (Wildman–Crippen MR) is 75.6 cm³/mol. The standard InChI is InChI=1S/C16H26O3/c1-5-15(13-9-17-7-11(13)3)19-16(6-2)14-10-18-8-12(14)4/h7-8,13-16H,5-6,9-10H2,1-4H3. The minimum atomic E-state index is 0.247. The number of hydrogen-bond acceptors (Lipinski definition) is 3. The van der Waals surface area contributed by atoms with Crippen molar-refractivity contribution in [1.82, 2.24) is 0 Å². The van der Waals surface area contributed by atoms with E-state index in [1.54, 1.807) is 0 Å². The maximum atomic E-state index is 6.42. The quantitative estimate of drug-likeness (QED) is 0.734. The second-order valence-corrected chi connectivity index (χ2v) is 5.63. The SMILES string of the molecule is CCC(OC(CC)C1COC=C1C)C1COC=C1C. The molecule has 2 aliphatic heterocycles. The van der Waals surface area contributed by atoms with Crippen LogP contribution < -0.4 is 0 Å². The van der Waals surface area contributed by atoms with Gasteiger partial charge in [-0.05, 0) is 37.8 Å². The summed E-state index contributed by atoms with van der Waals surface area (Å²) in [5, 5.41) is 0. The highest BCUT2D eigenvalue weighted by atomic mass is 16.5. The van der Waals surface area contributed by atoms with Crippen LogP contribution in [0.2, 0.25) is 0 Å². The van der Waals surface area contributed by atoms with Crippen LogP contribution in [-0.2, 0) is 14.2 Å². The van der Waals surface area contributed by atoms with Gasteiger partial charge in [0.15, 0.2) is 0 Å². The van der Waals surface area contributed by atoms with Crippen LogP contribution in [0.3, 0.4) is 0 Å². The highest BCUT2D eigenvalue weighted by molar-refractivity contribution is 5.09. The van der Waals surface area contributed by atoms with Crippen LogP contribution in [0.5, 0.6) is 0 Å². The normalized spacial score (nSPS) is 29.3. The van der Waals surface area contributed by atoms with Crippen molar-refractivity contribution in [3.8, 4) is 0 Å². The first-order valence-electron chi connectivity index (χ1n) is 7.39. The molecule has 4 unspecified atom stereocenters. The third kappa shape index (κ3) is 3.14. The highest BCUT2D eigenvalue weighted by Crippen LogP contribution is 2.31. The summed E-state index contributed by atoms with van der Waals surface area (Å²) in [4.78, 5) is 0. The van der Waals surface area contributed by atoms with Crippen LogP contribution >= 0.6 is 0 Å². The van der Waals surface area contributed by atoms with Crippen molar-refractivity contribution in [3.63, 3.8) is 0 Å². The average Bonchev–Trinajstić information content (AvgIpc) is 3.01. The highest BCUT2D eigenvalue weighted by Gasteiger charge is 2.33. The Bertz CT molecular complexity index is 325. The number of rotatable bonds is 6. The van der Waals surface area contributed by atoms with Crippen molar-refractivity contribution in [2.45, 2.75) is 52.7 Å². The summed E-state index contributed by atoms with van der Waals surface area (Å²) in [6.45, 7) is 10.2. The van der Waals surface area contributed by atoms with E-state index in [1.807, 2.05) is 12.5 Å². The summed E-state index contributed by atoms with van der Waals surface area (Å²) in [7, 11) is 0. The average molecular weight is 266 g/mol. The van der Waals surface area contributed by atoms with Crippen LogP contribution in [-0.4, -0.2) is 25.4 Å². The van der Waals surface area contributed by atoms with Gasteiger partial charge in [0.2, 0.25) is 0 Å². The largest absolute Gasteiger partial charge is 0.501 e. The summed E-state index contributed by atoms with van der Waals surface area (Å²) in [5.74, 6) is 0.816. The monoisotopic (exact) mass is 266 g/mol. The molecule has 0 aromatic carbocycles. The molecule has 0 saturated carbocycles. The van der Waals surface area contributed by atoms with Crippen LogP contribution in [0.1, 0.15) is 40.5 Å². The molecule has 4 atom stereocenters. The molecule has 0 fully saturated rings. The Hall–Kier alpha value is -0.960. The fraction of sp³-hybridized carbons (Fsp3) is 0.750. The van der Waals surface area contributed by atoms with E-state index in [1.165, 1.54) is 11.1 Å². The lowest BCUT2D eigenvalue weighted by atomic mass is 9.92. The van der Waals surface area contributed by atoms with E-state index in [2.05, 4.69) is 27.7 Å². The van der Waals surface area contributed by atoms with Crippen molar-refractivity contribution in [2.75, 3.05) is 13.2 Å². The van der Waals surface area contributed by atoms with Crippen molar-refractivity contribution >= 4 is 0 Å². The Morgan fingerprint density at radius 3 is 1.68 bits per heavy atom. The van der Waals surface area contributed by atoms with Crippen molar-refractivity contribution in [2.24, 2.45) is 11.8 Å². The van der Waals surface area contributed by atoms with Gasteiger partial charge in [0.1, 0.15) is 0 Å². The molecule has 0 aliphatic carbocycles. The lowest BCUT2D eigenvalue weighted by Crippen LogP contribution is -2.34. The van der Waals surface area contributed by atoms with E-state index in [0.29, 0.717) is 11.8 Å². The molecular weight excluding hydrogens is 240 g/mol. The van der Waals surface area contributed by atoms with E-state index in [0.717, 1.165) is 26.1 Å². The van der Waals surface area contributed by atoms with E-state index in [4.69, 9.17) is 14.2 Å². The predicted octanol–water partition coefficient (Wildman–Crippen LogP) is 3.66. The smallest absolute Gasteiger partial charge is 0.0964 e. The second kappa shape index (κ2) is 6.47. The van der Waals surface area contributed by atoms with Crippen molar-refractivity contribution in [1.29, 1.82) is 0 Å². The lowest BCUT2D eigenvalue weighted by Gasteiger charge is -2.31. The number of hydrogen-bond donors (Lipinski definition) is 0. The van der Waals surface area contributed by atoms with Crippen molar-refractivity contribution in [3.05, 3.63) is 23.7 Å². The minimum absolute atomic E-state index is 0.247. The molecule has 0 saturated heterocycles. The van der Waals surface area contributed by atoms with Crippen LogP contribution in [0, 0.1) is 11.8 Å². The molecule has 108 valence electrons. The Balaban J connectivity index is 1.99. The zero-order valence-corrected chi connectivity index (χ0v) is 12.5. The van der Waals surface area contributed by atoms with Gasteiger partial charge in [-0.3, -0.25) is 0 Å². The van der Waals surface area contributed by atoms with E-state index < -0.39 is 0 Å². The summed E-state index contributed by atoms with van der Waals surface area (Å²) in [6.07, 6.45) is 6.29. The molecule has 3 nitrogen and oxygen atoms in total. The molecule has 0 amide bonds. The topological polar surface area (TPSA) is 27.7 Å². The third-order valence-corrected chi connectivity index (χ3v) is 4.31. The molecule has 0 bridgehead atoms. The molecule has 0 radical (unpaired) electrons. The molecule has 3 heteroatoms. The molecule has 2 heterocycles. The van der Waals surface area contributed by atoms with E-state index in [-0.39, 0.29) is 12.2 Å². The Morgan fingerprint density at radius 2 is 1.42 bits per heavy atom. The first kappa shape index (κ1) is 14.4. The molecule has 0 spiro atoms. The fourth-order valence-corrected chi connectivity index (χ4v) is 2.98. The van der Waals surface area contributed by atoms with Gasteiger partial charge < -0.3 is 14.2 Å². The van der Waals surface area contributed by atoms with Gasteiger partial charge in [0, 0.05) is 11.8 Å². The molecule has 19 heavy (non-hydrogen) atoms. The molecule has 0 aromatic heterocycles. The summed E-state index contributed by atoms with van der Waals surface area (Å²) < 4.78 is 17.3. The van der Waals surface area contributed by atoms with Crippen molar-refractivity contribution < 1.29 is 14.2 Å². The molecule has 2 rings (SSSR count). The van der Waals surface area contributed by atoms with Crippen LogP contribution in [0.25, 0.3) is 0 Å². The van der Waals surface area contributed by atoms with E-state index in [9.17, 15) is 0 Å². The number of ether oxygens (including phenoxy) is 3. The van der Waals surface area contributed by atoms with E-state index >= 15 is 0 Å². The second-order valence-electron chi connectivity index (χ2n) is 5.63. The zero-order valence-electron chi connectivity index (χ0n) is 12.5. The molecular formula is C16H26O3. The summed E-state index contributed by atoms with van der Waals surface area (Å²) in [5.41, 5.74) is 2.60.